The van der Waals surface area contributed by atoms with Gasteiger partial charge in [0.25, 0.3) is 0 Å². The first kappa shape index (κ1) is 13.5. The van der Waals surface area contributed by atoms with Crippen molar-refractivity contribution in [2.75, 3.05) is 7.11 Å². The number of fused-ring (bicyclic) bond motifs is 1. The predicted molar refractivity (Wildman–Crippen MR) is 63.8 cm³/mol. The first-order valence-electron chi connectivity index (χ1n) is 5.58. The lowest BCUT2D eigenvalue weighted by Crippen LogP contribution is -2.29. The maximum atomic E-state index is 13.1. The van der Waals surface area contributed by atoms with Crippen LogP contribution in [0.4, 0.5) is 13.2 Å². The number of ether oxygens (including phenoxy) is 1. The van der Waals surface area contributed by atoms with Gasteiger partial charge in [-0.05, 0) is 13.0 Å². The van der Waals surface area contributed by atoms with Crippen LogP contribution in [0, 0.1) is 6.92 Å². The number of aromatic nitrogens is 1. The number of alkyl halides is 3. The highest BCUT2D eigenvalue weighted by Crippen LogP contribution is 2.40. The Morgan fingerprint density at radius 2 is 1.95 bits per heavy atom. The van der Waals surface area contributed by atoms with Crippen LogP contribution in [0.3, 0.4) is 0 Å². The van der Waals surface area contributed by atoms with E-state index < -0.39 is 18.1 Å². The second-order valence-electron chi connectivity index (χ2n) is 4.21. The number of hydrogen-bond donors (Lipinski definition) is 1. The lowest BCUT2D eigenvalue weighted by Gasteiger charge is -2.18. The van der Waals surface area contributed by atoms with Crippen molar-refractivity contribution < 1.29 is 22.7 Å². The number of carbonyl (C=O) groups excluding carboxylic acids is 1. The molecule has 0 amide bonds. The van der Waals surface area contributed by atoms with Gasteiger partial charge in [-0.25, -0.2) is 0 Å². The first-order valence-corrected chi connectivity index (χ1v) is 5.58. The molecule has 1 atom stereocenters. The normalized spacial score (nSPS) is 13.5. The molecular formula is C13H12F3NO2. The van der Waals surface area contributed by atoms with Crippen molar-refractivity contribution in [2.45, 2.75) is 19.0 Å². The highest BCUT2D eigenvalue weighted by molar-refractivity contribution is 5.91. The second kappa shape index (κ2) is 4.60. The van der Waals surface area contributed by atoms with Crippen molar-refractivity contribution in [2.24, 2.45) is 0 Å². The van der Waals surface area contributed by atoms with Gasteiger partial charge in [-0.3, -0.25) is 4.79 Å². The summed E-state index contributed by atoms with van der Waals surface area (Å²) in [5.41, 5.74) is 0.803. The number of carbonyl (C=O) groups is 1. The van der Waals surface area contributed by atoms with Crippen LogP contribution in [0.2, 0.25) is 0 Å². The minimum absolute atomic E-state index is 0.0741. The van der Waals surface area contributed by atoms with Gasteiger partial charge in [0.05, 0.1) is 7.11 Å². The number of aromatic amines is 1. The van der Waals surface area contributed by atoms with Crippen LogP contribution >= 0.6 is 0 Å². The van der Waals surface area contributed by atoms with E-state index in [0.717, 1.165) is 7.11 Å². The van der Waals surface area contributed by atoms with Gasteiger partial charge in [0.2, 0.25) is 0 Å². The van der Waals surface area contributed by atoms with Gasteiger partial charge in [-0.1, -0.05) is 18.2 Å². The number of benzene rings is 1. The van der Waals surface area contributed by atoms with Crippen LogP contribution in [0.1, 0.15) is 17.2 Å². The number of aryl methyl sites for hydroxylation is 1. The Bertz CT molecular complexity index is 616. The standard InChI is InChI=1S/C13H12F3NO2/c1-7-10(8-5-3-4-6-9(8)17-7)11(12(18)19-2)13(14,15)16/h3-6,11,17H,1-2H3/t11-/m0/s1. The van der Waals surface area contributed by atoms with Crippen LogP contribution in [0.5, 0.6) is 0 Å². The van der Waals surface area contributed by atoms with E-state index in [0.29, 0.717) is 16.6 Å². The highest BCUT2D eigenvalue weighted by atomic mass is 19.4. The fourth-order valence-electron chi connectivity index (χ4n) is 2.20. The van der Waals surface area contributed by atoms with E-state index in [4.69, 9.17) is 0 Å². The van der Waals surface area contributed by atoms with E-state index in [-0.39, 0.29) is 5.56 Å². The van der Waals surface area contributed by atoms with Gasteiger partial charge in [-0.2, -0.15) is 13.2 Å². The lowest BCUT2D eigenvalue weighted by atomic mass is 9.95. The third-order valence-corrected chi connectivity index (χ3v) is 3.00. The molecule has 0 aliphatic rings. The molecule has 3 nitrogen and oxygen atoms in total. The Kier molecular flexibility index (Phi) is 3.26. The van der Waals surface area contributed by atoms with Crippen molar-refractivity contribution in [3.8, 4) is 0 Å². The summed E-state index contributed by atoms with van der Waals surface area (Å²) in [4.78, 5) is 14.3. The van der Waals surface area contributed by atoms with E-state index >= 15 is 0 Å². The summed E-state index contributed by atoms with van der Waals surface area (Å²) >= 11 is 0. The molecule has 1 aromatic heterocycles. The van der Waals surface area contributed by atoms with Crippen molar-refractivity contribution in [1.82, 2.24) is 4.98 Å². The van der Waals surface area contributed by atoms with Crippen molar-refractivity contribution >= 4 is 16.9 Å². The molecule has 6 heteroatoms. The number of nitrogens with one attached hydrogen (secondary N) is 1. The van der Waals surface area contributed by atoms with E-state index in [9.17, 15) is 18.0 Å². The average molecular weight is 271 g/mol. The summed E-state index contributed by atoms with van der Waals surface area (Å²) in [7, 11) is 0.950. The summed E-state index contributed by atoms with van der Waals surface area (Å²) in [6.07, 6.45) is -4.69. The summed E-state index contributed by atoms with van der Waals surface area (Å²) in [5.74, 6) is -3.57. The Hall–Kier alpha value is -1.98. The Labute approximate surface area is 107 Å². The van der Waals surface area contributed by atoms with Gasteiger partial charge in [0.15, 0.2) is 5.92 Å². The van der Waals surface area contributed by atoms with Gasteiger partial charge < -0.3 is 9.72 Å². The molecule has 0 saturated carbocycles. The molecule has 1 aromatic carbocycles. The van der Waals surface area contributed by atoms with Crippen LogP contribution < -0.4 is 0 Å². The molecule has 0 unspecified atom stereocenters. The molecule has 0 radical (unpaired) electrons. The van der Waals surface area contributed by atoms with Crippen LogP contribution in [-0.2, 0) is 9.53 Å². The molecule has 1 heterocycles. The number of esters is 1. The fraction of sp³-hybridized carbons (Fsp3) is 0.308. The minimum atomic E-state index is -4.69. The number of rotatable bonds is 2. The zero-order valence-electron chi connectivity index (χ0n) is 10.3. The third kappa shape index (κ3) is 2.30. The van der Waals surface area contributed by atoms with Crippen LogP contribution in [-0.4, -0.2) is 24.2 Å². The molecule has 0 fully saturated rings. The molecule has 0 aliphatic carbocycles. The number of para-hydroxylation sites is 1. The topological polar surface area (TPSA) is 42.1 Å². The third-order valence-electron chi connectivity index (χ3n) is 3.00. The first-order chi connectivity index (χ1) is 8.86. The lowest BCUT2D eigenvalue weighted by molar-refractivity contribution is -0.179. The van der Waals surface area contributed by atoms with E-state index in [1.807, 2.05) is 0 Å². The number of halogens is 3. The maximum Gasteiger partial charge on any atom is 0.406 e. The van der Waals surface area contributed by atoms with Gasteiger partial charge in [0, 0.05) is 22.2 Å². The zero-order valence-corrected chi connectivity index (χ0v) is 10.3. The average Bonchev–Trinajstić information content (AvgIpc) is 2.65. The molecule has 102 valence electrons. The summed E-state index contributed by atoms with van der Waals surface area (Å²) in [6, 6.07) is 6.55. The number of H-pyrrole nitrogens is 1. The van der Waals surface area contributed by atoms with Crippen molar-refractivity contribution in [1.29, 1.82) is 0 Å². The SMILES string of the molecule is COC(=O)[C@H](c1c(C)[nH]c2ccccc12)C(F)(F)F. The van der Waals surface area contributed by atoms with E-state index in [1.165, 1.54) is 6.92 Å². The Balaban J connectivity index is 2.69. The zero-order chi connectivity index (χ0) is 14.2. The van der Waals surface area contributed by atoms with Crippen LogP contribution in [0.15, 0.2) is 24.3 Å². The molecule has 2 rings (SSSR count). The van der Waals surface area contributed by atoms with Crippen molar-refractivity contribution in [3.05, 3.63) is 35.5 Å². The summed E-state index contributed by atoms with van der Waals surface area (Å²) in [5, 5.41) is 0.382. The maximum absolute atomic E-state index is 13.1. The number of hydrogen-bond acceptors (Lipinski definition) is 2. The van der Waals surface area contributed by atoms with Crippen molar-refractivity contribution in [3.63, 3.8) is 0 Å². The van der Waals surface area contributed by atoms with Gasteiger partial charge >= 0.3 is 12.1 Å². The molecular weight excluding hydrogens is 259 g/mol. The van der Waals surface area contributed by atoms with E-state index in [2.05, 4.69) is 9.72 Å². The van der Waals surface area contributed by atoms with E-state index in [1.54, 1.807) is 24.3 Å². The van der Waals surface area contributed by atoms with Gasteiger partial charge in [0.1, 0.15) is 0 Å². The van der Waals surface area contributed by atoms with Gasteiger partial charge in [-0.15, -0.1) is 0 Å². The Morgan fingerprint density at radius 1 is 1.32 bits per heavy atom. The summed E-state index contributed by atoms with van der Waals surface area (Å²) < 4.78 is 43.6. The quantitative estimate of drug-likeness (QED) is 0.851. The molecule has 19 heavy (non-hydrogen) atoms. The molecule has 0 aliphatic heterocycles. The highest BCUT2D eigenvalue weighted by Gasteiger charge is 2.48. The molecule has 1 N–H and O–H groups in total. The number of methoxy groups -OCH3 is 1. The molecule has 0 saturated heterocycles. The van der Waals surface area contributed by atoms with Crippen LogP contribution in [0.25, 0.3) is 10.9 Å². The minimum Gasteiger partial charge on any atom is -0.468 e. The monoisotopic (exact) mass is 271 g/mol. The Morgan fingerprint density at radius 3 is 2.53 bits per heavy atom. The molecule has 0 spiro atoms. The smallest absolute Gasteiger partial charge is 0.406 e. The second-order valence-corrected chi connectivity index (χ2v) is 4.21. The molecule has 2 aromatic rings. The fourth-order valence-corrected chi connectivity index (χ4v) is 2.20. The summed E-state index contributed by atoms with van der Waals surface area (Å²) in [6.45, 7) is 1.51. The molecule has 0 bridgehead atoms. The predicted octanol–water partition coefficient (Wildman–Crippen LogP) is 3.30. The largest absolute Gasteiger partial charge is 0.468 e.